The van der Waals surface area contributed by atoms with Crippen molar-refractivity contribution in [1.82, 2.24) is 4.90 Å². The Hall–Kier alpha value is -1.39. The zero-order valence-electron chi connectivity index (χ0n) is 9.93. The Kier molecular flexibility index (Phi) is 3.76. The van der Waals surface area contributed by atoms with Crippen LogP contribution in [0.1, 0.15) is 22.3 Å². The van der Waals surface area contributed by atoms with Crippen LogP contribution in [0.15, 0.2) is 18.2 Å². The first-order chi connectivity index (χ1) is 8.22. The topological polar surface area (TPSA) is 49.8 Å². The Labute approximate surface area is 101 Å². The minimum absolute atomic E-state index is 0.203. The number of methoxy groups -OCH3 is 1. The van der Waals surface area contributed by atoms with Crippen molar-refractivity contribution in [2.45, 2.75) is 19.1 Å². The van der Waals surface area contributed by atoms with Gasteiger partial charge in [0.15, 0.2) is 6.29 Å². The van der Waals surface area contributed by atoms with Gasteiger partial charge in [0.2, 0.25) is 0 Å². The van der Waals surface area contributed by atoms with Crippen molar-refractivity contribution >= 4 is 6.29 Å². The number of aldehydes is 1. The zero-order chi connectivity index (χ0) is 12.3. The van der Waals surface area contributed by atoms with Crippen molar-refractivity contribution in [1.29, 1.82) is 0 Å². The molecule has 1 aromatic carbocycles. The molecule has 0 radical (unpaired) electrons. The maximum atomic E-state index is 10.8. The highest BCUT2D eigenvalue weighted by Crippen LogP contribution is 2.21. The molecule has 0 spiro atoms. The average Bonchev–Trinajstić information content (AvgIpc) is 2.74. The second-order valence-electron chi connectivity index (χ2n) is 4.37. The number of β-amino-alcohol motifs (C(OH)–C–C–N with tert-alkyl or cyclic N) is 1. The fourth-order valence-corrected chi connectivity index (χ4v) is 2.17. The highest BCUT2D eigenvalue weighted by molar-refractivity contribution is 5.79. The third-order valence-corrected chi connectivity index (χ3v) is 3.08. The predicted octanol–water partition coefficient (Wildman–Crippen LogP) is 1.07. The molecule has 1 atom stereocenters. The highest BCUT2D eigenvalue weighted by atomic mass is 16.5. The van der Waals surface area contributed by atoms with Crippen molar-refractivity contribution < 1.29 is 14.6 Å². The van der Waals surface area contributed by atoms with Gasteiger partial charge in [-0.3, -0.25) is 9.69 Å². The number of likely N-dealkylation sites (tertiary alicyclic amines) is 1. The molecule has 0 unspecified atom stereocenters. The third-order valence-electron chi connectivity index (χ3n) is 3.08. The number of carbonyl (C=O) groups is 1. The Balaban J connectivity index is 2.08. The zero-order valence-corrected chi connectivity index (χ0v) is 9.93. The number of hydrogen-bond donors (Lipinski definition) is 1. The summed E-state index contributed by atoms with van der Waals surface area (Å²) in [5.74, 6) is 0.609. The third kappa shape index (κ3) is 2.84. The largest absolute Gasteiger partial charge is 0.496 e. The molecule has 1 N–H and O–H groups in total. The maximum absolute atomic E-state index is 10.8. The molecule has 4 nitrogen and oxygen atoms in total. The van der Waals surface area contributed by atoms with E-state index in [9.17, 15) is 9.90 Å². The number of nitrogens with zero attached hydrogens (tertiary/aromatic N) is 1. The molecule has 4 heteroatoms. The molecule has 1 saturated heterocycles. The molecule has 17 heavy (non-hydrogen) atoms. The first-order valence-corrected chi connectivity index (χ1v) is 5.75. The van der Waals surface area contributed by atoms with E-state index in [-0.39, 0.29) is 6.10 Å². The van der Waals surface area contributed by atoms with Gasteiger partial charge in [-0.1, -0.05) is 6.07 Å². The van der Waals surface area contributed by atoms with Crippen LogP contribution in [0.5, 0.6) is 5.75 Å². The van der Waals surface area contributed by atoms with Crippen LogP contribution in [0, 0.1) is 0 Å². The summed E-state index contributed by atoms with van der Waals surface area (Å²) in [7, 11) is 1.56. The van der Waals surface area contributed by atoms with E-state index in [0.29, 0.717) is 11.3 Å². The molecule has 1 aromatic rings. The lowest BCUT2D eigenvalue weighted by atomic mass is 10.1. The molecule has 1 fully saturated rings. The second-order valence-corrected chi connectivity index (χ2v) is 4.37. The van der Waals surface area contributed by atoms with Crippen LogP contribution in [0.25, 0.3) is 0 Å². The SMILES string of the molecule is COc1cc(CN2CC[C@@H](O)C2)ccc1C=O. The molecule has 1 heterocycles. The van der Waals surface area contributed by atoms with Gasteiger partial charge in [-0.05, 0) is 24.1 Å². The molecule has 1 aliphatic heterocycles. The van der Waals surface area contributed by atoms with Crippen molar-refractivity contribution in [3.05, 3.63) is 29.3 Å². The van der Waals surface area contributed by atoms with Gasteiger partial charge >= 0.3 is 0 Å². The van der Waals surface area contributed by atoms with Crippen LogP contribution >= 0.6 is 0 Å². The summed E-state index contributed by atoms with van der Waals surface area (Å²) in [6.07, 6.45) is 1.43. The van der Waals surface area contributed by atoms with E-state index in [1.165, 1.54) is 0 Å². The molecule has 1 aliphatic rings. The molecule has 92 valence electrons. The highest BCUT2D eigenvalue weighted by Gasteiger charge is 2.20. The van der Waals surface area contributed by atoms with Gasteiger partial charge in [0.1, 0.15) is 5.75 Å². The van der Waals surface area contributed by atoms with Crippen LogP contribution in [0.4, 0.5) is 0 Å². The van der Waals surface area contributed by atoms with Crippen LogP contribution in [0.3, 0.4) is 0 Å². The number of ether oxygens (including phenoxy) is 1. The van der Waals surface area contributed by atoms with Gasteiger partial charge in [0, 0.05) is 19.6 Å². The first kappa shape index (κ1) is 12.1. The maximum Gasteiger partial charge on any atom is 0.153 e. The fourth-order valence-electron chi connectivity index (χ4n) is 2.17. The molecule has 0 saturated carbocycles. The minimum atomic E-state index is -0.203. The molecule has 0 aromatic heterocycles. The summed E-state index contributed by atoms with van der Waals surface area (Å²) in [6, 6.07) is 5.58. The molecular formula is C13H17NO3. The average molecular weight is 235 g/mol. The monoisotopic (exact) mass is 235 g/mol. The Bertz CT molecular complexity index is 406. The van der Waals surface area contributed by atoms with Crippen LogP contribution in [-0.4, -0.2) is 42.6 Å². The van der Waals surface area contributed by atoms with E-state index in [4.69, 9.17) is 4.74 Å². The smallest absolute Gasteiger partial charge is 0.153 e. The second kappa shape index (κ2) is 5.29. The van der Waals surface area contributed by atoms with Crippen molar-refractivity contribution in [2.75, 3.05) is 20.2 Å². The molecule has 2 rings (SSSR count). The predicted molar refractivity (Wildman–Crippen MR) is 64.3 cm³/mol. The lowest BCUT2D eigenvalue weighted by molar-refractivity contribution is 0.112. The normalized spacial score (nSPS) is 20.5. The molecule has 0 bridgehead atoms. The Morgan fingerprint density at radius 3 is 3.00 bits per heavy atom. The summed E-state index contributed by atoms with van der Waals surface area (Å²) >= 11 is 0. The van der Waals surface area contributed by atoms with E-state index in [1.54, 1.807) is 13.2 Å². The number of carbonyl (C=O) groups excluding carboxylic acids is 1. The van der Waals surface area contributed by atoms with Gasteiger partial charge in [-0.2, -0.15) is 0 Å². The standard InChI is InChI=1S/C13H17NO3/c1-17-13-6-10(2-3-11(13)9-15)7-14-5-4-12(16)8-14/h2-3,6,9,12,16H,4-5,7-8H2,1H3/t12-/m1/s1. The molecule has 0 aliphatic carbocycles. The van der Waals surface area contributed by atoms with Gasteiger partial charge in [-0.15, -0.1) is 0 Å². The van der Waals surface area contributed by atoms with Gasteiger partial charge in [0.25, 0.3) is 0 Å². The van der Waals surface area contributed by atoms with Crippen molar-refractivity contribution in [3.63, 3.8) is 0 Å². The molecular weight excluding hydrogens is 218 g/mol. The number of aliphatic hydroxyl groups excluding tert-OH is 1. The summed E-state index contributed by atoms with van der Waals surface area (Å²) in [5.41, 5.74) is 1.67. The number of rotatable bonds is 4. The van der Waals surface area contributed by atoms with E-state index in [0.717, 1.165) is 37.9 Å². The fraction of sp³-hybridized carbons (Fsp3) is 0.462. The summed E-state index contributed by atoms with van der Waals surface area (Å²) in [6.45, 7) is 2.42. The van der Waals surface area contributed by atoms with Gasteiger partial charge in [-0.25, -0.2) is 0 Å². The van der Waals surface area contributed by atoms with E-state index in [2.05, 4.69) is 4.90 Å². The van der Waals surface area contributed by atoms with Crippen LogP contribution in [-0.2, 0) is 6.54 Å². The lowest BCUT2D eigenvalue weighted by Gasteiger charge is -2.15. The number of hydrogen-bond acceptors (Lipinski definition) is 4. The number of benzene rings is 1. The molecule has 0 amide bonds. The number of aliphatic hydroxyl groups is 1. The van der Waals surface area contributed by atoms with Crippen molar-refractivity contribution in [3.8, 4) is 5.75 Å². The summed E-state index contributed by atoms with van der Waals surface area (Å²) in [5, 5.41) is 9.45. The lowest BCUT2D eigenvalue weighted by Crippen LogP contribution is -2.21. The Morgan fingerprint density at radius 1 is 1.59 bits per heavy atom. The van der Waals surface area contributed by atoms with Crippen molar-refractivity contribution in [2.24, 2.45) is 0 Å². The van der Waals surface area contributed by atoms with E-state index < -0.39 is 0 Å². The van der Waals surface area contributed by atoms with Crippen LogP contribution in [0.2, 0.25) is 0 Å². The summed E-state index contributed by atoms with van der Waals surface area (Å²) in [4.78, 5) is 13.0. The first-order valence-electron chi connectivity index (χ1n) is 5.75. The van der Waals surface area contributed by atoms with Gasteiger partial charge in [0.05, 0.1) is 18.8 Å². The van der Waals surface area contributed by atoms with Crippen LogP contribution < -0.4 is 4.74 Å². The van der Waals surface area contributed by atoms with E-state index in [1.807, 2.05) is 12.1 Å². The van der Waals surface area contributed by atoms with Gasteiger partial charge < -0.3 is 9.84 Å². The minimum Gasteiger partial charge on any atom is -0.496 e. The summed E-state index contributed by atoms with van der Waals surface area (Å²) < 4.78 is 5.16. The quantitative estimate of drug-likeness (QED) is 0.793. The Morgan fingerprint density at radius 2 is 2.41 bits per heavy atom. The van der Waals surface area contributed by atoms with E-state index >= 15 is 0 Å².